The van der Waals surface area contributed by atoms with Crippen molar-refractivity contribution in [2.45, 2.75) is 51.9 Å². The standard InChI is InChI=1S/C25H33NO4/c1-3-4-5-9-17-26(18-16-21-10-7-6-8-11-21)24(27)19-30-23-14-12-22(13-15-23)20(2)25(28)29/h6-8,10-15,20H,3-5,9,16-19H2,1-2H3,(H,28,29). The predicted octanol–water partition coefficient (Wildman–Crippen LogP) is 4.91. The zero-order valence-corrected chi connectivity index (χ0v) is 18.0. The van der Waals surface area contributed by atoms with Gasteiger partial charge in [0.25, 0.3) is 5.91 Å². The molecule has 0 spiro atoms. The van der Waals surface area contributed by atoms with Crippen molar-refractivity contribution in [3.8, 4) is 5.75 Å². The molecule has 0 saturated heterocycles. The minimum absolute atomic E-state index is 0.0175. The summed E-state index contributed by atoms with van der Waals surface area (Å²) in [5.41, 5.74) is 1.93. The topological polar surface area (TPSA) is 66.8 Å². The van der Waals surface area contributed by atoms with Gasteiger partial charge in [-0.05, 0) is 43.0 Å². The largest absolute Gasteiger partial charge is 0.484 e. The maximum absolute atomic E-state index is 12.8. The summed E-state index contributed by atoms with van der Waals surface area (Å²) < 4.78 is 5.68. The Bertz CT molecular complexity index is 773. The summed E-state index contributed by atoms with van der Waals surface area (Å²) in [5.74, 6) is -0.891. The Labute approximate surface area is 179 Å². The summed E-state index contributed by atoms with van der Waals surface area (Å²) in [7, 11) is 0. The fourth-order valence-corrected chi connectivity index (χ4v) is 3.23. The summed E-state index contributed by atoms with van der Waals surface area (Å²) in [6.07, 6.45) is 5.28. The molecule has 0 fully saturated rings. The van der Waals surface area contributed by atoms with Gasteiger partial charge in [0, 0.05) is 13.1 Å². The van der Waals surface area contributed by atoms with E-state index < -0.39 is 11.9 Å². The number of aliphatic carboxylic acids is 1. The molecule has 30 heavy (non-hydrogen) atoms. The van der Waals surface area contributed by atoms with E-state index in [2.05, 4.69) is 19.1 Å². The van der Waals surface area contributed by atoms with Crippen LogP contribution in [0.4, 0.5) is 0 Å². The second-order valence-corrected chi connectivity index (χ2v) is 7.59. The van der Waals surface area contributed by atoms with Crippen molar-refractivity contribution in [2.75, 3.05) is 19.7 Å². The van der Waals surface area contributed by atoms with Crippen LogP contribution in [0.3, 0.4) is 0 Å². The zero-order valence-electron chi connectivity index (χ0n) is 18.0. The van der Waals surface area contributed by atoms with Crippen LogP contribution in [-0.4, -0.2) is 41.6 Å². The van der Waals surface area contributed by atoms with Crippen LogP contribution in [0.2, 0.25) is 0 Å². The average molecular weight is 412 g/mol. The Morgan fingerprint density at radius 2 is 1.67 bits per heavy atom. The fraction of sp³-hybridized carbons (Fsp3) is 0.440. The third-order valence-electron chi connectivity index (χ3n) is 5.26. The summed E-state index contributed by atoms with van der Waals surface area (Å²) in [5, 5.41) is 9.10. The molecule has 0 saturated carbocycles. The van der Waals surface area contributed by atoms with E-state index in [-0.39, 0.29) is 12.5 Å². The van der Waals surface area contributed by atoms with Crippen LogP contribution in [-0.2, 0) is 16.0 Å². The number of rotatable bonds is 13. The van der Waals surface area contributed by atoms with Gasteiger partial charge in [-0.1, -0.05) is 68.7 Å². The number of unbranched alkanes of at least 4 members (excludes halogenated alkanes) is 3. The highest BCUT2D eigenvalue weighted by Crippen LogP contribution is 2.19. The monoisotopic (exact) mass is 411 g/mol. The second-order valence-electron chi connectivity index (χ2n) is 7.59. The first-order chi connectivity index (χ1) is 14.5. The number of benzene rings is 2. The number of carbonyl (C=O) groups is 2. The first kappa shape index (κ1) is 23.5. The normalized spacial score (nSPS) is 11.7. The minimum atomic E-state index is -0.865. The molecule has 2 rings (SSSR count). The number of hydrogen-bond donors (Lipinski definition) is 1. The first-order valence-corrected chi connectivity index (χ1v) is 10.8. The van der Waals surface area contributed by atoms with E-state index in [1.807, 2.05) is 23.1 Å². The van der Waals surface area contributed by atoms with Gasteiger partial charge >= 0.3 is 5.97 Å². The third kappa shape index (κ3) is 7.90. The van der Waals surface area contributed by atoms with Crippen LogP contribution in [0.25, 0.3) is 0 Å². The van der Waals surface area contributed by atoms with Gasteiger partial charge in [-0.2, -0.15) is 0 Å². The van der Waals surface area contributed by atoms with Crippen molar-refractivity contribution in [1.29, 1.82) is 0 Å². The highest BCUT2D eigenvalue weighted by atomic mass is 16.5. The molecule has 2 aromatic rings. The lowest BCUT2D eigenvalue weighted by atomic mass is 10.0. The maximum atomic E-state index is 12.8. The average Bonchev–Trinajstić information content (AvgIpc) is 2.77. The maximum Gasteiger partial charge on any atom is 0.310 e. The van der Waals surface area contributed by atoms with Crippen molar-refractivity contribution < 1.29 is 19.4 Å². The van der Waals surface area contributed by atoms with Gasteiger partial charge < -0.3 is 14.7 Å². The van der Waals surface area contributed by atoms with E-state index in [0.717, 1.165) is 32.2 Å². The second kappa shape index (κ2) is 12.7. The van der Waals surface area contributed by atoms with Crippen molar-refractivity contribution in [3.63, 3.8) is 0 Å². The number of nitrogens with zero attached hydrogens (tertiary/aromatic N) is 1. The molecule has 0 heterocycles. The van der Waals surface area contributed by atoms with Crippen LogP contribution in [0, 0.1) is 0 Å². The SMILES string of the molecule is CCCCCCN(CCc1ccccc1)C(=O)COc1ccc(C(C)C(=O)O)cc1. The van der Waals surface area contributed by atoms with E-state index in [1.54, 1.807) is 31.2 Å². The quantitative estimate of drug-likeness (QED) is 0.476. The van der Waals surface area contributed by atoms with Crippen molar-refractivity contribution >= 4 is 11.9 Å². The molecule has 1 unspecified atom stereocenters. The van der Waals surface area contributed by atoms with Crippen molar-refractivity contribution in [1.82, 2.24) is 4.90 Å². The molecule has 0 aliphatic rings. The lowest BCUT2D eigenvalue weighted by Gasteiger charge is -2.23. The summed E-state index contributed by atoms with van der Waals surface area (Å²) in [6.45, 7) is 5.22. The molecule has 0 aliphatic carbocycles. The smallest absolute Gasteiger partial charge is 0.310 e. The lowest BCUT2D eigenvalue weighted by Crippen LogP contribution is -2.37. The summed E-state index contributed by atoms with van der Waals surface area (Å²) in [4.78, 5) is 25.8. The van der Waals surface area contributed by atoms with Gasteiger partial charge in [0.1, 0.15) is 5.75 Å². The number of ether oxygens (including phenoxy) is 1. The van der Waals surface area contributed by atoms with E-state index in [1.165, 1.54) is 12.0 Å². The van der Waals surface area contributed by atoms with E-state index in [9.17, 15) is 9.59 Å². The van der Waals surface area contributed by atoms with Gasteiger partial charge in [0.15, 0.2) is 6.61 Å². The summed E-state index contributed by atoms with van der Waals surface area (Å²) >= 11 is 0. The van der Waals surface area contributed by atoms with Gasteiger partial charge in [-0.15, -0.1) is 0 Å². The molecule has 0 radical (unpaired) electrons. The molecule has 0 bridgehead atoms. The van der Waals surface area contributed by atoms with Gasteiger partial charge in [-0.25, -0.2) is 0 Å². The molecule has 0 aliphatic heterocycles. The number of carbonyl (C=O) groups excluding carboxylic acids is 1. The molecule has 162 valence electrons. The number of hydrogen-bond acceptors (Lipinski definition) is 3. The molecule has 5 nitrogen and oxygen atoms in total. The Morgan fingerprint density at radius 3 is 2.30 bits per heavy atom. The van der Waals surface area contributed by atoms with Crippen LogP contribution >= 0.6 is 0 Å². The van der Waals surface area contributed by atoms with E-state index >= 15 is 0 Å². The Hall–Kier alpha value is -2.82. The highest BCUT2D eigenvalue weighted by molar-refractivity contribution is 5.78. The molecule has 5 heteroatoms. The zero-order chi connectivity index (χ0) is 21.8. The third-order valence-corrected chi connectivity index (χ3v) is 5.26. The molecular formula is C25H33NO4. The Kier molecular flexibility index (Phi) is 9.92. The molecule has 0 aromatic heterocycles. The molecule has 2 aromatic carbocycles. The number of amides is 1. The number of carboxylic acid groups (broad SMARTS) is 1. The van der Waals surface area contributed by atoms with Gasteiger partial charge in [0.05, 0.1) is 5.92 Å². The molecule has 1 amide bonds. The molecular weight excluding hydrogens is 378 g/mol. The van der Waals surface area contributed by atoms with Gasteiger partial charge in [0.2, 0.25) is 0 Å². The summed E-state index contributed by atoms with van der Waals surface area (Å²) in [6, 6.07) is 17.1. The first-order valence-electron chi connectivity index (χ1n) is 10.8. The van der Waals surface area contributed by atoms with Crippen molar-refractivity contribution in [2.24, 2.45) is 0 Å². The van der Waals surface area contributed by atoms with Crippen LogP contribution < -0.4 is 4.74 Å². The molecule has 1 atom stereocenters. The van der Waals surface area contributed by atoms with Gasteiger partial charge in [-0.3, -0.25) is 9.59 Å². The van der Waals surface area contributed by atoms with Crippen LogP contribution in [0.1, 0.15) is 56.6 Å². The fourth-order valence-electron chi connectivity index (χ4n) is 3.23. The Morgan fingerprint density at radius 1 is 0.967 bits per heavy atom. The Balaban J connectivity index is 1.90. The van der Waals surface area contributed by atoms with Crippen LogP contribution in [0.5, 0.6) is 5.75 Å². The molecule has 1 N–H and O–H groups in total. The highest BCUT2D eigenvalue weighted by Gasteiger charge is 2.16. The van der Waals surface area contributed by atoms with E-state index in [4.69, 9.17) is 9.84 Å². The predicted molar refractivity (Wildman–Crippen MR) is 119 cm³/mol. The van der Waals surface area contributed by atoms with E-state index in [0.29, 0.717) is 17.9 Å². The minimum Gasteiger partial charge on any atom is -0.484 e. The number of carboxylic acids is 1. The van der Waals surface area contributed by atoms with Crippen molar-refractivity contribution in [3.05, 3.63) is 65.7 Å². The lowest BCUT2D eigenvalue weighted by molar-refractivity contribution is -0.138. The van der Waals surface area contributed by atoms with Crippen LogP contribution in [0.15, 0.2) is 54.6 Å².